The van der Waals surface area contributed by atoms with Crippen molar-refractivity contribution < 1.29 is 35.8 Å². The molecule has 228 valence electrons. The Morgan fingerprint density at radius 3 is 1.40 bits per heavy atom. The minimum Gasteiger partial charge on any atom is -0.406 e. The summed E-state index contributed by atoms with van der Waals surface area (Å²) in [7, 11) is 0. The van der Waals surface area contributed by atoms with E-state index >= 15 is 0 Å². The van der Waals surface area contributed by atoms with Crippen molar-refractivity contribution in [2.45, 2.75) is 19.6 Å². The van der Waals surface area contributed by atoms with Gasteiger partial charge in [0.25, 0.3) is 0 Å². The fourth-order valence-corrected chi connectivity index (χ4v) is 6.01. The van der Waals surface area contributed by atoms with Crippen molar-refractivity contribution in [3.8, 4) is 69.2 Å². The molecule has 0 spiro atoms. The predicted molar refractivity (Wildman–Crippen MR) is 155 cm³/mol. The van der Waals surface area contributed by atoms with Gasteiger partial charge in [0.2, 0.25) is 0 Å². The normalized spacial score (nSPS) is 12.4. The van der Waals surface area contributed by atoms with Gasteiger partial charge < -0.3 is 9.47 Å². The van der Waals surface area contributed by atoms with E-state index in [1.54, 1.807) is 43.3 Å². The summed E-state index contributed by atoms with van der Waals surface area (Å²) >= 11 is 0. The molecule has 6 rings (SSSR count). The fraction of sp³-hybridized carbons (Fsp3) is 0.0857. The number of hydrogen-bond donors (Lipinski definition) is 0. The number of allylic oxidation sites excluding steroid dienone is 2. The van der Waals surface area contributed by atoms with Crippen molar-refractivity contribution in [1.29, 1.82) is 21.0 Å². The van der Waals surface area contributed by atoms with E-state index in [-0.39, 0.29) is 27.9 Å². The topological polar surface area (TPSA) is 114 Å². The van der Waals surface area contributed by atoms with E-state index in [0.717, 1.165) is 12.1 Å². The van der Waals surface area contributed by atoms with Gasteiger partial charge in [-0.2, -0.15) is 21.0 Å². The summed E-state index contributed by atoms with van der Waals surface area (Å²) in [4.78, 5) is 0. The Bertz CT molecular complexity index is 2240. The second-order valence-corrected chi connectivity index (χ2v) is 10.4. The summed E-state index contributed by atoms with van der Waals surface area (Å²) in [5.74, 6) is -0.957. The van der Waals surface area contributed by atoms with E-state index in [2.05, 4.69) is 9.47 Å². The Hall–Kier alpha value is -6.50. The number of nitrogens with zero attached hydrogens (tertiary/aromatic N) is 4. The summed E-state index contributed by atoms with van der Waals surface area (Å²) in [5.41, 5.74) is 5.08. The summed E-state index contributed by atoms with van der Waals surface area (Å²) in [6.45, 7) is 1.78. The van der Waals surface area contributed by atoms with Crippen LogP contribution in [0.15, 0.2) is 77.9 Å². The molecular weight excluding hydrogens is 622 g/mol. The second-order valence-electron chi connectivity index (χ2n) is 10.4. The van der Waals surface area contributed by atoms with Crippen LogP contribution in [0.4, 0.5) is 26.3 Å². The van der Waals surface area contributed by atoms with Gasteiger partial charge in [-0.3, -0.25) is 0 Å². The number of benzene rings is 4. The summed E-state index contributed by atoms with van der Waals surface area (Å²) < 4.78 is 85.2. The lowest BCUT2D eigenvalue weighted by Gasteiger charge is -2.13. The number of fused-ring (bicyclic) bond motifs is 6. The largest absolute Gasteiger partial charge is 0.573 e. The first kappa shape index (κ1) is 30.5. The first-order chi connectivity index (χ1) is 22.3. The molecule has 0 N–H and O–H groups in total. The first-order valence-corrected chi connectivity index (χ1v) is 13.5. The highest BCUT2D eigenvalue weighted by Gasteiger charge is 2.36. The van der Waals surface area contributed by atoms with E-state index in [4.69, 9.17) is 0 Å². The molecule has 0 radical (unpaired) electrons. The number of nitriles is 4. The number of rotatable bonds is 3. The van der Waals surface area contributed by atoms with E-state index in [0.29, 0.717) is 55.6 Å². The van der Waals surface area contributed by atoms with Crippen LogP contribution in [0.5, 0.6) is 11.5 Å². The van der Waals surface area contributed by atoms with Crippen LogP contribution in [0.25, 0.3) is 44.5 Å². The highest BCUT2D eigenvalue weighted by Crippen LogP contribution is 2.54. The third-order valence-electron chi connectivity index (χ3n) is 7.75. The van der Waals surface area contributed by atoms with Gasteiger partial charge in [-0.05, 0) is 111 Å². The number of alkyl halides is 6. The average Bonchev–Trinajstić information content (AvgIpc) is 3.47. The van der Waals surface area contributed by atoms with Crippen molar-refractivity contribution in [3.05, 3.63) is 106 Å². The third kappa shape index (κ3) is 5.29. The molecular formula is C35H14F6N4O2. The fourth-order valence-electron chi connectivity index (χ4n) is 6.01. The Labute approximate surface area is 262 Å². The molecule has 6 nitrogen and oxygen atoms in total. The highest BCUT2D eigenvalue weighted by atomic mass is 19.4. The molecule has 12 heteroatoms. The smallest absolute Gasteiger partial charge is 0.406 e. The lowest BCUT2D eigenvalue weighted by Crippen LogP contribution is -2.17. The molecule has 0 fully saturated rings. The monoisotopic (exact) mass is 636 g/mol. The maximum absolute atomic E-state index is 13.0. The summed E-state index contributed by atoms with van der Waals surface area (Å²) in [5, 5.41) is 39.5. The summed E-state index contributed by atoms with van der Waals surface area (Å²) in [6, 6.07) is 23.1. The average molecular weight is 637 g/mol. The second kappa shape index (κ2) is 10.8. The maximum Gasteiger partial charge on any atom is 0.573 e. The van der Waals surface area contributed by atoms with Crippen molar-refractivity contribution in [3.63, 3.8) is 0 Å². The van der Waals surface area contributed by atoms with Gasteiger partial charge in [0.1, 0.15) is 46.9 Å². The zero-order valence-corrected chi connectivity index (χ0v) is 23.7. The molecule has 0 unspecified atom stereocenters. The van der Waals surface area contributed by atoms with Crippen LogP contribution in [-0.4, -0.2) is 12.7 Å². The minimum atomic E-state index is -4.98. The molecule has 0 heterocycles. The van der Waals surface area contributed by atoms with Crippen LogP contribution in [-0.2, 0) is 0 Å². The number of ether oxygens (including phenoxy) is 2. The van der Waals surface area contributed by atoms with Gasteiger partial charge >= 0.3 is 12.7 Å². The molecule has 0 aliphatic heterocycles. The molecule has 0 atom stereocenters. The van der Waals surface area contributed by atoms with Gasteiger partial charge in [-0.25, -0.2) is 0 Å². The lowest BCUT2D eigenvalue weighted by atomic mass is 9.92. The minimum absolute atomic E-state index is 0.0687. The molecule has 0 saturated carbocycles. The number of aryl methyl sites for hydroxylation is 1. The highest BCUT2D eigenvalue weighted by molar-refractivity contribution is 6.11. The lowest BCUT2D eigenvalue weighted by molar-refractivity contribution is -0.275. The zero-order valence-electron chi connectivity index (χ0n) is 23.7. The van der Waals surface area contributed by atoms with Gasteiger partial charge in [-0.15, -0.1) is 26.3 Å². The molecule has 47 heavy (non-hydrogen) atoms. The molecule has 0 amide bonds. The SMILES string of the molecule is Cc1cc2c(cc1-c1ccc(OC(F)(F)F)cc1)C(=C(C#N)C#N)c1cc3c(cc1-2)-c1ccc(OC(F)(F)F)cc1C3=C(C#N)C#N. The van der Waals surface area contributed by atoms with Crippen molar-refractivity contribution in [2.24, 2.45) is 0 Å². The Balaban J connectivity index is 1.58. The van der Waals surface area contributed by atoms with Crippen molar-refractivity contribution in [2.75, 3.05) is 0 Å². The van der Waals surface area contributed by atoms with Crippen LogP contribution >= 0.6 is 0 Å². The quantitative estimate of drug-likeness (QED) is 0.141. The molecule has 4 aromatic rings. The van der Waals surface area contributed by atoms with Crippen LogP contribution in [0.2, 0.25) is 0 Å². The predicted octanol–water partition coefficient (Wildman–Crippen LogP) is 9.12. The van der Waals surface area contributed by atoms with Crippen molar-refractivity contribution >= 4 is 11.1 Å². The third-order valence-corrected chi connectivity index (χ3v) is 7.75. The molecule has 0 bridgehead atoms. The van der Waals surface area contributed by atoms with Gasteiger partial charge in [0, 0.05) is 11.1 Å². The maximum atomic E-state index is 13.0. The Morgan fingerprint density at radius 1 is 0.489 bits per heavy atom. The van der Waals surface area contributed by atoms with Gasteiger partial charge in [0.05, 0.1) is 0 Å². The first-order valence-electron chi connectivity index (χ1n) is 13.5. The zero-order chi connectivity index (χ0) is 33.8. The number of halogens is 6. The van der Waals surface area contributed by atoms with Gasteiger partial charge in [0.15, 0.2) is 0 Å². The Morgan fingerprint density at radius 2 is 0.894 bits per heavy atom. The summed E-state index contributed by atoms with van der Waals surface area (Å²) in [6.07, 6.45) is -9.85. The van der Waals surface area contributed by atoms with E-state index in [1.165, 1.54) is 30.3 Å². The molecule has 2 aliphatic carbocycles. The van der Waals surface area contributed by atoms with Crippen LogP contribution < -0.4 is 9.47 Å². The van der Waals surface area contributed by atoms with Gasteiger partial charge in [-0.1, -0.05) is 24.3 Å². The molecule has 2 aliphatic rings. The molecule has 0 aromatic heterocycles. The Kier molecular flexibility index (Phi) is 7.04. The van der Waals surface area contributed by atoms with E-state index < -0.39 is 24.2 Å². The van der Waals surface area contributed by atoms with Crippen molar-refractivity contribution in [1.82, 2.24) is 0 Å². The van der Waals surface area contributed by atoms with Crippen LogP contribution in [0.3, 0.4) is 0 Å². The van der Waals surface area contributed by atoms with E-state index in [9.17, 15) is 47.4 Å². The van der Waals surface area contributed by atoms with Crippen LogP contribution in [0.1, 0.15) is 27.8 Å². The standard InChI is InChI=1S/C35H14F6N4O2/c1-17-8-25-27-11-26-23-7-6-22(47-35(39,40)41)9-28(23)32(19(13-42)14-43)30(26)12-31(27)33(20(15-44)16-45)29(25)10-24(17)18-2-4-21(5-3-18)46-34(36,37)38/h2-12H,1H3. The molecule has 0 saturated heterocycles. The van der Waals surface area contributed by atoms with Crippen LogP contribution in [0, 0.1) is 52.2 Å². The molecule has 4 aromatic carbocycles. The van der Waals surface area contributed by atoms with E-state index in [1.807, 2.05) is 12.1 Å². The number of hydrogen-bond acceptors (Lipinski definition) is 6.